The van der Waals surface area contributed by atoms with Gasteiger partial charge < -0.3 is 20.9 Å². The molecular formula is C10H18N2O4. The highest BCUT2D eigenvalue weighted by molar-refractivity contribution is 5.88. The molecule has 1 unspecified atom stereocenters. The quantitative estimate of drug-likeness (QED) is 0.569. The van der Waals surface area contributed by atoms with Crippen LogP contribution in [0.3, 0.4) is 0 Å². The van der Waals surface area contributed by atoms with Crippen molar-refractivity contribution in [3.05, 3.63) is 0 Å². The number of carbonyl (C=O) groups excluding carboxylic acids is 1. The van der Waals surface area contributed by atoms with Crippen molar-refractivity contribution in [2.45, 2.75) is 37.3 Å². The number of hydrogen-bond acceptors (Lipinski definition) is 4. The Labute approximate surface area is 94.1 Å². The maximum Gasteiger partial charge on any atom is 0.329 e. The summed E-state index contributed by atoms with van der Waals surface area (Å²) in [5.74, 6) is -1.28. The number of hydrogen-bond donors (Lipinski definition) is 3. The second kappa shape index (κ2) is 5.27. The highest BCUT2D eigenvalue weighted by Gasteiger charge is 2.45. The first kappa shape index (κ1) is 12.9. The predicted octanol–water partition coefficient (Wildman–Crippen LogP) is -0.526. The van der Waals surface area contributed by atoms with Crippen LogP contribution in [0, 0.1) is 0 Å². The van der Waals surface area contributed by atoms with Crippen molar-refractivity contribution in [3.63, 3.8) is 0 Å². The molecule has 0 aliphatic heterocycles. The Morgan fingerprint density at radius 2 is 2.19 bits per heavy atom. The molecule has 4 N–H and O–H groups in total. The van der Waals surface area contributed by atoms with Crippen LogP contribution >= 0.6 is 0 Å². The van der Waals surface area contributed by atoms with Gasteiger partial charge in [0, 0.05) is 13.7 Å². The van der Waals surface area contributed by atoms with E-state index in [9.17, 15) is 9.59 Å². The van der Waals surface area contributed by atoms with E-state index < -0.39 is 11.5 Å². The van der Waals surface area contributed by atoms with Gasteiger partial charge in [-0.15, -0.1) is 0 Å². The molecule has 1 rings (SSSR count). The van der Waals surface area contributed by atoms with Gasteiger partial charge in [-0.25, -0.2) is 4.79 Å². The first-order valence-electron chi connectivity index (χ1n) is 5.31. The number of carboxylic acids is 1. The van der Waals surface area contributed by atoms with E-state index in [0.29, 0.717) is 12.8 Å². The van der Waals surface area contributed by atoms with Crippen LogP contribution in [-0.2, 0) is 14.3 Å². The van der Waals surface area contributed by atoms with E-state index in [0.717, 1.165) is 6.42 Å². The first-order valence-corrected chi connectivity index (χ1v) is 5.31. The van der Waals surface area contributed by atoms with E-state index in [1.807, 2.05) is 0 Å². The van der Waals surface area contributed by atoms with Gasteiger partial charge in [-0.3, -0.25) is 4.79 Å². The molecule has 1 fully saturated rings. The molecule has 16 heavy (non-hydrogen) atoms. The van der Waals surface area contributed by atoms with Crippen molar-refractivity contribution >= 4 is 11.9 Å². The summed E-state index contributed by atoms with van der Waals surface area (Å²) < 4.78 is 4.96. The highest BCUT2D eigenvalue weighted by atomic mass is 16.5. The lowest BCUT2D eigenvalue weighted by atomic mass is 9.76. The number of nitrogens with two attached hydrogens (primary N) is 1. The summed E-state index contributed by atoms with van der Waals surface area (Å²) in [6, 6.07) is 0. The van der Waals surface area contributed by atoms with Gasteiger partial charge in [0.2, 0.25) is 5.91 Å². The lowest BCUT2D eigenvalue weighted by Crippen LogP contribution is -2.59. The molecular weight excluding hydrogens is 212 g/mol. The zero-order valence-electron chi connectivity index (χ0n) is 9.36. The average molecular weight is 230 g/mol. The topological polar surface area (TPSA) is 102 Å². The smallest absolute Gasteiger partial charge is 0.329 e. The standard InChI is InChI=1S/C10H18N2O4/c1-16-7(6-11)5-8(13)12-10(9(14)15)3-2-4-10/h7H,2-6,11H2,1H3,(H,12,13)(H,14,15). The van der Waals surface area contributed by atoms with Gasteiger partial charge in [-0.05, 0) is 19.3 Å². The fraction of sp³-hybridized carbons (Fsp3) is 0.800. The van der Waals surface area contributed by atoms with Crippen molar-refractivity contribution in [1.29, 1.82) is 0 Å². The number of carbonyl (C=O) groups is 2. The van der Waals surface area contributed by atoms with Gasteiger partial charge in [0.15, 0.2) is 0 Å². The minimum atomic E-state index is -1.05. The van der Waals surface area contributed by atoms with E-state index in [-0.39, 0.29) is 25.0 Å². The van der Waals surface area contributed by atoms with E-state index in [4.69, 9.17) is 15.6 Å². The molecule has 1 aliphatic carbocycles. The van der Waals surface area contributed by atoms with Crippen LogP contribution in [0.1, 0.15) is 25.7 Å². The Morgan fingerprint density at radius 3 is 2.50 bits per heavy atom. The molecule has 6 heteroatoms. The maximum absolute atomic E-state index is 11.6. The average Bonchev–Trinajstić information content (AvgIpc) is 2.19. The van der Waals surface area contributed by atoms with Crippen LogP contribution < -0.4 is 11.1 Å². The molecule has 92 valence electrons. The fourth-order valence-corrected chi connectivity index (χ4v) is 1.71. The van der Waals surface area contributed by atoms with E-state index >= 15 is 0 Å². The summed E-state index contributed by atoms with van der Waals surface area (Å²) >= 11 is 0. The van der Waals surface area contributed by atoms with Crippen molar-refractivity contribution in [3.8, 4) is 0 Å². The zero-order valence-corrected chi connectivity index (χ0v) is 9.36. The SMILES string of the molecule is COC(CN)CC(=O)NC1(C(=O)O)CCC1. The van der Waals surface area contributed by atoms with Crippen molar-refractivity contribution in [2.75, 3.05) is 13.7 Å². The minimum absolute atomic E-state index is 0.0992. The molecule has 0 radical (unpaired) electrons. The third kappa shape index (κ3) is 2.70. The number of ether oxygens (including phenoxy) is 1. The normalized spacial score (nSPS) is 19.6. The summed E-state index contributed by atoms with van der Waals surface area (Å²) in [5, 5.41) is 11.6. The number of rotatable bonds is 6. The molecule has 1 amide bonds. The summed E-state index contributed by atoms with van der Waals surface area (Å²) in [6.45, 7) is 0.240. The fourth-order valence-electron chi connectivity index (χ4n) is 1.71. The predicted molar refractivity (Wildman–Crippen MR) is 56.8 cm³/mol. The summed E-state index contributed by atoms with van der Waals surface area (Å²) in [4.78, 5) is 22.6. The number of amides is 1. The second-order valence-electron chi connectivity index (χ2n) is 4.09. The molecule has 0 spiro atoms. The van der Waals surface area contributed by atoms with Crippen molar-refractivity contribution in [1.82, 2.24) is 5.32 Å². The monoisotopic (exact) mass is 230 g/mol. The van der Waals surface area contributed by atoms with Gasteiger partial charge in [-0.1, -0.05) is 0 Å². The van der Waals surface area contributed by atoms with Gasteiger partial charge in [-0.2, -0.15) is 0 Å². The minimum Gasteiger partial charge on any atom is -0.480 e. The van der Waals surface area contributed by atoms with Crippen LogP contribution in [0.4, 0.5) is 0 Å². The molecule has 6 nitrogen and oxygen atoms in total. The van der Waals surface area contributed by atoms with Crippen LogP contribution in [0.5, 0.6) is 0 Å². The first-order chi connectivity index (χ1) is 7.54. The highest BCUT2D eigenvalue weighted by Crippen LogP contribution is 2.32. The number of nitrogens with one attached hydrogen (secondary N) is 1. The number of carboxylic acid groups (broad SMARTS) is 1. The Bertz CT molecular complexity index is 272. The Hall–Kier alpha value is -1.14. The summed E-state index contributed by atoms with van der Waals surface area (Å²) in [6.07, 6.45) is 1.56. The van der Waals surface area contributed by atoms with Gasteiger partial charge in [0.05, 0.1) is 12.5 Å². The molecule has 0 bridgehead atoms. The molecule has 1 aliphatic rings. The van der Waals surface area contributed by atoms with Crippen LogP contribution in [0.2, 0.25) is 0 Å². The maximum atomic E-state index is 11.6. The zero-order chi connectivity index (χ0) is 12.2. The van der Waals surface area contributed by atoms with Gasteiger partial charge >= 0.3 is 5.97 Å². The van der Waals surface area contributed by atoms with Crippen LogP contribution in [0.25, 0.3) is 0 Å². The lowest BCUT2D eigenvalue weighted by molar-refractivity contribution is -0.152. The largest absolute Gasteiger partial charge is 0.480 e. The second-order valence-corrected chi connectivity index (χ2v) is 4.09. The third-order valence-electron chi connectivity index (χ3n) is 3.00. The Morgan fingerprint density at radius 1 is 1.56 bits per heavy atom. The molecule has 0 aromatic carbocycles. The summed E-state index contributed by atoms with van der Waals surface area (Å²) in [5.41, 5.74) is 4.33. The molecule has 0 saturated heterocycles. The van der Waals surface area contributed by atoms with E-state index in [2.05, 4.69) is 5.32 Å². The molecule has 0 aromatic rings. The Kier molecular flexibility index (Phi) is 4.26. The van der Waals surface area contributed by atoms with Crippen molar-refractivity contribution < 1.29 is 19.4 Å². The van der Waals surface area contributed by atoms with E-state index in [1.54, 1.807) is 0 Å². The van der Waals surface area contributed by atoms with Gasteiger partial charge in [0.25, 0.3) is 0 Å². The lowest BCUT2D eigenvalue weighted by Gasteiger charge is -2.38. The molecule has 1 saturated carbocycles. The molecule has 0 heterocycles. The Balaban J connectivity index is 2.47. The molecule has 0 aromatic heterocycles. The van der Waals surface area contributed by atoms with E-state index in [1.165, 1.54) is 7.11 Å². The summed E-state index contributed by atoms with van der Waals surface area (Å²) in [7, 11) is 1.47. The van der Waals surface area contributed by atoms with Crippen molar-refractivity contribution in [2.24, 2.45) is 5.73 Å². The third-order valence-corrected chi connectivity index (χ3v) is 3.00. The van der Waals surface area contributed by atoms with Crippen LogP contribution in [0.15, 0.2) is 0 Å². The number of methoxy groups -OCH3 is 1. The molecule has 1 atom stereocenters. The number of aliphatic carboxylic acids is 1. The van der Waals surface area contributed by atoms with Crippen LogP contribution in [-0.4, -0.2) is 42.3 Å². The van der Waals surface area contributed by atoms with Gasteiger partial charge in [0.1, 0.15) is 5.54 Å².